The van der Waals surface area contributed by atoms with Crippen LogP contribution in [0.1, 0.15) is 54.0 Å². The van der Waals surface area contributed by atoms with Gasteiger partial charge in [-0.1, -0.05) is 93.6 Å². The van der Waals surface area contributed by atoms with Crippen LogP contribution in [0.4, 0.5) is 5.82 Å². The van der Waals surface area contributed by atoms with Crippen molar-refractivity contribution in [2.45, 2.75) is 69.0 Å². The lowest BCUT2D eigenvalue weighted by atomic mass is 9.80. The zero-order valence-corrected chi connectivity index (χ0v) is 33.3. The summed E-state index contributed by atoms with van der Waals surface area (Å²) in [6.07, 6.45) is -2.61. The molecule has 5 aromatic rings. The van der Waals surface area contributed by atoms with Gasteiger partial charge in [0.25, 0.3) is 5.91 Å². The number of hydrogen-bond acceptors (Lipinski definition) is 9. The van der Waals surface area contributed by atoms with Crippen LogP contribution in [0.5, 0.6) is 11.5 Å². The molecule has 1 aliphatic heterocycles. The monoisotopic (exact) mass is 763 g/mol. The molecule has 1 aliphatic rings. The first-order chi connectivity index (χ1) is 26.3. The van der Waals surface area contributed by atoms with E-state index in [0.29, 0.717) is 17.1 Å². The van der Waals surface area contributed by atoms with Gasteiger partial charge in [0.1, 0.15) is 41.2 Å². The largest absolute Gasteiger partial charge is 0.497 e. The van der Waals surface area contributed by atoms with Crippen LogP contribution in [0.3, 0.4) is 0 Å². The Bertz CT molecular complexity index is 2060. The number of hydrogen-bond donors (Lipinski definition) is 2. The molecule has 4 aromatic carbocycles. The Morgan fingerprint density at radius 2 is 1.35 bits per heavy atom. The zero-order chi connectivity index (χ0) is 39.4. The SMILES string of the molecule is COc1ccc(C(OC[C@@H]2O[C@@H](n3ccc(NC(=O)c4ccccc4)nc3=O)[C@@H](O[Si](C)(C)C(C)(C)C)[C@H]2O)(c2ccccc2)c2ccc(OC)cc2)cc1. The van der Waals surface area contributed by atoms with E-state index < -0.39 is 50.1 Å². The van der Waals surface area contributed by atoms with Crippen LogP contribution in [0.15, 0.2) is 126 Å². The maximum atomic E-state index is 13.7. The molecule has 288 valence electrons. The Hall–Kier alpha value is -5.11. The maximum Gasteiger partial charge on any atom is 0.351 e. The molecule has 0 saturated carbocycles. The minimum absolute atomic E-state index is 0.0852. The van der Waals surface area contributed by atoms with Crippen LogP contribution < -0.4 is 20.5 Å². The van der Waals surface area contributed by atoms with Crippen LogP contribution in [0.2, 0.25) is 18.1 Å². The summed E-state index contributed by atoms with van der Waals surface area (Å²) in [5, 5.41) is 14.6. The van der Waals surface area contributed by atoms with Crippen molar-refractivity contribution in [3.63, 3.8) is 0 Å². The lowest BCUT2D eigenvalue weighted by molar-refractivity contribution is -0.0956. The highest BCUT2D eigenvalue weighted by atomic mass is 28.4. The number of amides is 1. The Balaban J connectivity index is 1.38. The minimum Gasteiger partial charge on any atom is -0.497 e. The summed E-state index contributed by atoms with van der Waals surface area (Å²) in [5.41, 5.74) is 1.05. The third-order valence-corrected chi connectivity index (χ3v) is 15.0. The smallest absolute Gasteiger partial charge is 0.351 e. The van der Waals surface area contributed by atoms with Crippen LogP contribution in [0, 0.1) is 0 Å². The molecule has 2 N–H and O–H groups in total. The fraction of sp³-hybridized carbons (Fsp3) is 0.326. The summed E-state index contributed by atoms with van der Waals surface area (Å²) < 4.78 is 32.8. The van der Waals surface area contributed by atoms with Crippen LogP contribution in [0.25, 0.3) is 0 Å². The minimum atomic E-state index is -2.54. The zero-order valence-electron chi connectivity index (χ0n) is 32.3. The van der Waals surface area contributed by atoms with E-state index in [1.165, 1.54) is 16.8 Å². The number of nitrogens with zero attached hydrogens (tertiary/aromatic N) is 2. The topological polar surface area (TPSA) is 130 Å². The van der Waals surface area contributed by atoms with Gasteiger partial charge in [-0.25, -0.2) is 4.79 Å². The van der Waals surface area contributed by atoms with Gasteiger partial charge in [-0.3, -0.25) is 9.36 Å². The molecule has 0 unspecified atom stereocenters. The molecule has 4 atom stereocenters. The number of benzene rings is 4. The van der Waals surface area contributed by atoms with Crippen molar-refractivity contribution in [1.29, 1.82) is 0 Å². The molecule has 55 heavy (non-hydrogen) atoms. The molecule has 2 heterocycles. The van der Waals surface area contributed by atoms with Gasteiger partial charge in [0.15, 0.2) is 14.5 Å². The number of methoxy groups -OCH3 is 2. The van der Waals surface area contributed by atoms with Gasteiger partial charge in [0.05, 0.1) is 20.8 Å². The first kappa shape index (κ1) is 39.6. The Kier molecular flexibility index (Phi) is 11.7. The van der Waals surface area contributed by atoms with Crippen molar-refractivity contribution in [3.8, 4) is 11.5 Å². The molecule has 1 aromatic heterocycles. The van der Waals surface area contributed by atoms with Crippen LogP contribution >= 0.6 is 0 Å². The number of aliphatic hydroxyl groups is 1. The van der Waals surface area contributed by atoms with Crippen molar-refractivity contribution in [1.82, 2.24) is 9.55 Å². The van der Waals surface area contributed by atoms with E-state index >= 15 is 0 Å². The fourth-order valence-electron chi connectivity index (χ4n) is 6.46. The first-order valence-electron chi connectivity index (χ1n) is 18.2. The molecule has 1 fully saturated rings. The van der Waals surface area contributed by atoms with E-state index in [1.54, 1.807) is 38.5 Å². The van der Waals surface area contributed by atoms with Crippen molar-refractivity contribution >= 4 is 20.0 Å². The van der Waals surface area contributed by atoms with Crippen molar-refractivity contribution in [2.75, 3.05) is 26.1 Å². The number of aliphatic hydroxyl groups excluding tert-OH is 1. The van der Waals surface area contributed by atoms with Crippen LogP contribution in [-0.4, -0.2) is 68.0 Å². The number of carbonyl (C=O) groups is 1. The first-order valence-corrected chi connectivity index (χ1v) is 21.1. The van der Waals surface area contributed by atoms with Gasteiger partial charge in [-0.05, 0) is 77.3 Å². The summed E-state index contributed by atoms with van der Waals surface area (Å²) in [6, 6.07) is 35.4. The van der Waals surface area contributed by atoms with E-state index in [2.05, 4.69) is 44.2 Å². The third-order valence-electron chi connectivity index (χ3n) is 10.6. The molecule has 1 amide bonds. The standard InChI is InChI=1S/C43H49N3O8Si/c1-42(2,3)55(6,7)54-38-37(47)35(53-40(38)46-27-26-36(45-41(46)49)44-39(48)29-14-10-8-11-15-29)28-52-43(30-16-12-9-13-17-30,31-18-22-33(50-4)23-19-31)32-20-24-34(51-5)25-21-32/h8-27,35,37-38,40,47H,28H2,1-7H3,(H,44,45,48,49)/t35-,37-,38-,40+/m0/s1. The summed E-state index contributed by atoms with van der Waals surface area (Å²) >= 11 is 0. The van der Waals surface area contributed by atoms with E-state index in [1.807, 2.05) is 84.9 Å². The maximum absolute atomic E-state index is 13.7. The molecule has 0 aliphatic carbocycles. The molecule has 12 heteroatoms. The molecular formula is C43H49N3O8Si. The van der Waals surface area contributed by atoms with Gasteiger partial charge in [-0.15, -0.1) is 0 Å². The van der Waals surface area contributed by atoms with Crippen LogP contribution in [-0.2, 0) is 19.5 Å². The highest BCUT2D eigenvalue weighted by Crippen LogP contribution is 2.45. The van der Waals surface area contributed by atoms with Gasteiger partial charge in [0.2, 0.25) is 0 Å². The number of aromatic nitrogens is 2. The van der Waals surface area contributed by atoms with E-state index in [4.69, 9.17) is 23.4 Å². The Morgan fingerprint density at radius 3 is 1.85 bits per heavy atom. The number of rotatable bonds is 13. The normalized spacial score (nSPS) is 18.8. The summed E-state index contributed by atoms with van der Waals surface area (Å²) in [6.45, 7) is 10.4. The summed E-state index contributed by atoms with van der Waals surface area (Å²) in [4.78, 5) is 30.7. The second-order valence-corrected chi connectivity index (χ2v) is 19.8. The van der Waals surface area contributed by atoms with E-state index in [0.717, 1.165) is 16.7 Å². The highest BCUT2D eigenvalue weighted by Gasteiger charge is 2.51. The molecular weight excluding hydrogens is 715 g/mol. The van der Waals surface area contributed by atoms with Crippen molar-refractivity contribution in [3.05, 3.63) is 154 Å². The summed E-state index contributed by atoms with van der Waals surface area (Å²) in [7, 11) is 0.698. The average Bonchev–Trinajstić information content (AvgIpc) is 3.48. The Labute approximate surface area is 323 Å². The molecule has 1 saturated heterocycles. The predicted octanol–water partition coefficient (Wildman–Crippen LogP) is 7.17. The quantitative estimate of drug-likeness (QED) is 0.0947. The van der Waals surface area contributed by atoms with Crippen molar-refractivity contribution in [2.24, 2.45) is 0 Å². The van der Waals surface area contributed by atoms with Crippen molar-refractivity contribution < 1.29 is 33.3 Å². The van der Waals surface area contributed by atoms with E-state index in [-0.39, 0.29) is 17.5 Å². The third kappa shape index (κ3) is 8.29. The second kappa shape index (κ2) is 16.3. The number of anilines is 1. The fourth-order valence-corrected chi connectivity index (χ4v) is 7.75. The molecule has 6 rings (SSSR count). The molecule has 11 nitrogen and oxygen atoms in total. The van der Waals surface area contributed by atoms with Gasteiger partial charge >= 0.3 is 5.69 Å². The number of ether oxygens (including phenoxy) is 4. The Morgan fingerprint density at radius 1 is 0.818 bits per heavy atom. The van der Waals surface area contributed by atoms with E-state index in [9.17, 15) is 14.7 Å². The molecule has 0 radical (unpaired) electrons. The molecule has 0 spiro atoms. The van der Waals surface area contributed by atoms with Gasteiger partial charge in [-0.2, -0.15) is 4.98 Å². The molecule has 0 bridgehead atoms. The number of nitrogens with one attached hydrogen (secondary N) is 1. The summed E-state index contributed by atoms with van der Waals surface area (Å²) in [5.74, 6) is 1.06. The lowest BCUT2D eigenvalue weighted by Gasteiger charge is -2.40. The highest BCUT2D eigenvalue weighted by molar-refractivity contribution is 6.74. The average molecular weight is 764 g/mol. The predicted molar refractivity (Wildman–Crippen MR) is 213 cm³/mol. The number of carbonyl (C=O) groups excluding carboxylic acids is 1. The van der Waals surface area contributed by atoms with Gasteiger partial charge < -0.3 is 33.8 Å². The lowest BCUT2D eigenvalue weighted by Crippen LogP contribution is -2.49. The second-order valence-electron chi connectivity index (χ2n) is 15.0. The van der Waals surface area contributed by atoms with Gasteiger partial charge in [0, 0.05) is 11.8 Å².